The van der Waals surface area contributed by atoms with Crippen LogP contribution in [0.2, 0.25) is 0 Å². The monoisotopic (exact) mass is 331 g/mol. The summed E-state index contributed by atoms with van der Waals surface area (Å²) < 4.78 is 2.13. The highest BCUT2D eigenvalue weighted by Gasteiger charge is 2.07. The Hall–Kier alpha value is -0.110. The Morgan fingerprint density at radius 1 is 1.16 bits per heavy atom. The molecule has 0 saturated carbocycles. The fourth-order valence-corrected chi connectivity index (χ4v) is 5.25. The van der Waals surface area contributed by atoms with Crippen molar-refractivity contribution in [2.24, 2.45) is 0 Å². The Bertz CT molecular complexity index is 495. The molecule has 2 heterocycles. The maximum Gasteiger partial charge on any atom is 0.175 e. The van der Waals surface area contributed by atoms with Crippen LogP contribution in [-0.4, -0.2) is 20.9 Å². The first-order valence-electron chi connectivity index (χ1n) is 6.34. The second-order valence-corrected chi connectivity index (χ2v) is 8.40. The van der Waals surface area contributed by atoms with Crippen LogP contribution in [0.4, 0.5) is 0 Å². The summed E-state index contributed by atoms with van der Waals surface area (Å²) >= 11 is 6.98. The van der Waals surface area contributed by atoms with E-state index in [2.05, 4.69) is 34.4 Å². The molecular formula is C12H17N3S4. The quantitative estimate of drug-likeness (QED) is 0.516. The van der Waals surface area contributed by atoms with Crippen LogP contribution in [0.1, 0.15) is 37.4 Å². The van der Waals surface area contributed by atoms with Crippen LogP contribution in [0.25, 0.3) is 0 Å². The third kappa shape index (κ3) is 5.06. The average Bonchev–Trinajstić information content (AvgIpc) is 3.05. The van der Waals surface area contributed by atoms with Crippen LogP contribution in [0, 0.1) is 0 Å². The van der Waals surface area contributed by atoms with Gasteiger partial charge in [0.2, 0.25) is 0 Å². The largest absolute Gasteiger partial charge is 0.245 e. The average molecular weight is 332 g/mol. The first-order valence-corrected chi connectivity index (χ1v) is 10.0. The molecule has 19 heavy (non-hydrogen) atoms. The molecule has 0 bridgehead atoms. The molecule has 0 saturated heterocycles. The van der Waals surface area contributed by atoms with Crippen molar-refractivity contribution in [3.63, 3.8) is 0 Å². The van der Waals surface area contributed by atoms with Gasteiger partial charge in [0.1, 0.15) is 0 Å². The molecular weight excluding hydrogens is 314 g/mol. The summed E-state index contributed by atoms with van der Waals surface area (Å²) in [6.45, 7) is 4.35. The SMILES string of the molecule is CCCCSc1nnc(SCc2csc(CC)n2)s1. The number of unbranched alkanes of at least 4 members (excludes halogenated alkanes) is 1. The topological polar surface area (TPSA) is 38.7 Å². The van der Waals surface area contributed by atoms with Crippen LogP contribution in [0.15, 0.2) is 14.1 Å². The predicted octanol–water partition coefficient (Wildman–Crippen LogP) is 4.74. The molecule has 0 spiro atoms. The van der Waals surface area contributed by atoms with Gasteiger partial charge in [-0.1, -0.05) is 55.1 Å². The molecule has 2 aromatic heterocycles. The van der Waals surface area contributed by atoms with Gasteiger partial charge in [0.05, 0.1) is 10.7 Å². The standard InChI is InChI=1S/C12H17N3S4/c1-3-5-6-16-11-14-15-12(19-11)18-8-9-7-17-10(4-2)13-9/h7H,3-6,8H2,1-2H3. The summed E-state index contributed by atoms with van der Waals surface area (Å²) in [5, 5.41) is 11.8. The van der Waals surface area contributed by atoms with Gasteiger partial charge in [0.25, 0.3) is 0 Å². The van der Waals surface area contributed by atoms with Crippen molar-refractivity contribution in [3.8, 4) is 0 Å². The molecule has 0 aliphatic carbocycles. The molecule has 104 valence electrons. The normalized spacial score (nSPS) is 11.1. The molecule has 3 nitrogen and oxygen atoms in total. The fraction of sp³-hybridized carbons (Fsp3) is 0.583. The molecule has 0 aliphatic heterocycles. The van der Waals surface area contributed by atoms with E-state index in [1.54, 1.807) is 34.4 Å². The molecule has 0 atom stereocenters. The minimum Gasteiger partial charge on any atom is -0.245 e. The lowest BCUT2D eigenvalue weighted by atomic mass is 10.4. The van der Waals surface area contributed by atoms with Crippen molar-refractivity contribution in [2.45, 2.75) is 47.5 Å². The Labute approximate surface area is 130 Å². The zero-order chi connectivity index (χ0) is 13.5. The van der Waals surface area contributed by atoms with Crippen LogP contribution in [0.3, 0.4) is 0 Å². The Balaban J connectivity index is 1.79. The number of rotatable bonds is 8. The van der Waals surface area contributed by atoms with Gasteiger partial charge in [-0.2, -0.15) is 0 Å². The first kappa shape index (κ1) is 15.3. The molecule has 7 heteroatoms. The number of aromatic nitrogens is 3. The van der Waals surface area contributed by atoms with Crippen molar-refractivity contribution in [2.75, 3.05) is 5.75 Å². The van der Waals surface area contributed by atoms with E-state index < -0.39 is 0 Å². The molecule has 2 rings (SSSR count). The van der Waals surface area contributed by atoms with E-state index in [4.69, 9.17) is 0 Å². The van der Waals surface area contributed by atoms with Crippen molar-refractivity contribution >= 4 is 46.2 Å². The van der Waals surface area contributed by atoms with E-state index in [0.29, 0.717) is 0 Å². The van der Waals surface area contributed by atoms with E-state index in [-0.39, 0.29) is 0 Å². The predicted molar refractivity (Wildman–Crippen MR) is 86.6 cm³/mol. The smallest absolute Gasteiger partial charge is 0.175 e. The highest BCUT2D eigenvalue weighted by molar-refractivity contribution is 8.02. The molecule has 0 N–H and O–H groups in total. The minimum absolute atomic E-state index is 0.894. The van der Waals surface area contributed by atoms with Crippen molar-refractivity contribution in [1.82, 2.24) is 15.2 Å². The minimum atomic E-state index is 0.894. The number of aryl methyl sites for hydroxylation is 1. The van der Waals surface area contributed by atoms with Crippen LogP contribution in [0.5, 0.6) is 0 Å². The second kappa shape index (κ2) is 8.24. The van der Waals surface area contributed by atoms with E-state index >= 15 is 0 Å². The van der Waals surface area contributed by atoms with Gasteiger partial charge in [0.15, 0.2) is 8.68 Å². The fourth-order valence-electron chi connectivity index (χ4n) is 1.33. The summed E-state index contributed by atoms with van der Waals surface area (Å²) in [7, 11) is 0. The van der Waals surface area contributed by atoms with Crippen molar-refractivity contribution in [3.05, 3.63) is 16.1 Å². The Kier molecular flexibility index (Phi) is 6.63. The Morgan fingerprint density at radius 2 is 1.95 bits per heavy atom. The summed E-state index contributed by atoms with van der Waals surface area (Å²) in [6.07, 6.45) is 3.49. The number of thioether (sulfide) groups is 2. The van der Waals surface area contributed by atoms with Gasteiger partial charge in [-0.3, -0.25) is 0 Å². The first-order chi connectivity index (χ1) is 9.31. The van der Waals surface area contributed by atoms with Crippen LogP contribution >= 0.6 is 46.2 Å². The van der Waals surface area contributed by atoms with Gasteiger partial charge < -0.3 is 0 Å². The van der Waals surface area contributed by atoms with Crippen LogP contribution in [-0.2, 0) is 12.2 Å². The number of hydrogen-bond acceptors (Lipinski definition) is 7. The zero-order valence-corrected chi connectivity index (χ0v) is 14.4. The third-order valence-electron chi connectivity index (χ3n) is 2.36. The third-order valence-corrected chi connectivity index (χ3v) is 6.71. The van der Waals surface area contributed by atoms with Crippen molar-refractivity contribution in [1.29, 1.82) is 0 Å². The molecule has 0 amide bonds. The number of hydrogen-bond donors (Lipinski definition) is 0. The molecule has 2 aromatic rings. The number of nitrogens with zero attached hydrogens (tertiary/aromatic N) is 3. The second-order valence-electron chi connectivity index (χ2n) is 3.91. The van der Waals surface area contributed by atoms with E-state index in [1.165, 1.54) is 17.8 Å². The lowest BCUT2D eigenvalue weighted by molar-refractivity contribution is 0.892. The van der Waals surface area contributed by atoms with Crippen molar-refractivity contribution < 1.29 is 0 Å². The molecule has 0 aromatic carbocycles. The summed E-state index contributed by atoms with van der Waals surface area (Å²) in [5.74, 6) is 2.03. The van der Waals surface area contributed by atoms with Gasteiger partial charge >= 0.3 is 0 Å². The van der Waals surface area contributed by atoms with E-state index in [1.807, 2.05) is 11.8 Å². The van der Waals surface area contributed by atoms with Gasteiger partial charge in [-0.05, 0) is 12.8 Å². The van der Waals surface area contributed by atoms with Gasteiger partial charge in [-0.25, -0.2) is 4.98 Å². The highest BCUT2D eigenvalue weighted by Crippen LogP contribution is 2.31. The molecule has 0 radical (unpaired) electrons. The summed E-state index contributed by atoms with van der Waals surface area (Å²) in [4.78, 5) is 4.56. The zero-order valence-electron chi connectivity index (χ0n) is 11.1. The molecule has 0 aliphatic rings. The van der Waals surface area contributed by atoms with Crippen LogP contribution < -0.4 is 0 Å². The molecule has 0 unspecified atom stereocenters. The summed E-state index contributed by atoms with van der Waals surface area (Å²) in [5.41, 5.74) is 1.15. The lowest BCUT2D eigenvalue weighted by Crippen LogP contribution is -1.82. The molecule has 0 fully saturated rings. The summed E-state index contributed by atoms with van der Waals surface area (Å²) in [6, 6.07) is 0. The Morgan fingerprint density at radius 3 is 2.63 bits per heavy atom. The maximum atomic E-state index is 4.56. The van der Waals surface area contributed by atoms with Gasteiger partial charge in [-0.15, -0.1) is 21.5 Å². The maximum absolute atomic E-state index is 4.56. The lowest BCUT2D eigenvalue weighted by Gasteiger charge is -1.93. The number of thiazole rings is 1. The van der Waals surface area contributed by atoms with Gasteiger partial charge in [0, 0.05) is 16.9 Å². The van der Waals surface area contributed by atoms with E-state index in [0.717, 1.165) is 32.3 Å². The highest BCUT2D eigenvalue weighted by atomic mass is 32.2. The van der Waals surface area contributed by atoms with E-state index in [9.17, 15) is 0 Å².